The first-order valence-electron chi connectivity index (χ1n) is 8.33. The first-order valence-corrected chi connectivity index (χ1v) is 9.53. The highest BCUT2D eigenvalue weighted by Gasteiger charge is 2.35. The third-order valence-corrected chi connectivity index (χ3v) is 5.15. The number of nitrogens with zero attached hydrogens (tertiary/aromatic N) is 3. The highest BCUT2D eigenvalue weighted by atomic mass is 35.5. The fourth-order valence-corrected chi connectivity index (χ4v) is 3.52. The fraction of sp³-hybridized carbons (Fsp3) is 0.412. The summed E-state index contributed by atoms with van der Waals surface area (Å²) in [6.45, 7) is 3.50. The molecular weight excluding hydrogens is 376 g/mol. The number of carbonyl (C=O) groups excluding carboxylic acids is 2. The molecule has 1 aliphatic heterocycles. The van der Waals surface area contributed by atoms with E-state index in [0.29, 0.717) is 36.3 Å². The number of ether oxygens (including phenoxy) is 1. The summed E-state index contributed by atoms with van der Waals surface area (Å²) in [5.74, 6) is -0.724. The van der Waals surface area contributed by atoms with Crippen LogP contribution in [0.1, 0.15) is 18.4 Å². The number of amides is 2. The lowest BCUT2D eigenvalue weighted by Gasteiger charge is -2.16. The number of rotatable bonds is 7. The summed E-state index contributed by atoms with van der Waals surface area (Å²) in [5.41, 5.74) is 0.740. The lowest BCUT2D eigenvalue weighted by atomic mass is 10.1. The lowest BCUT2D eigenvalue weighted by Crippen LogP contribution is -2.28. The Balaban J connectivity index is 1.57. The van der Waals surface area contributed by atoms with Gasteiger partial charge in [0.15, 0.2) is 0 Å². The number of anilines is 2. The molecule has 1 aromatic carbocycles. The molecule has 0 bridgehead atoms. The van der Waals surface area contributed by atoms with E-state index in [1.807, 2.05) is 6.92 Å². The lowest BCUT2D eigenvalue weighted by molar-refractivity contribution is -0.122. The summed E-state index contributed by atoms with van der Waals surface area (Å²) < 4.78 is 5.28. The normalized spacial score (nSPS) is 16.9. The van der Waals surface area contributed by atoms with Gasteiger partial charge >= 0.3 is 0 Å². The van der Waals surface area contributed by atoms with Gasteiger partial charge < -0.3 is 15.0 Å². The van der Waals surface area contributed by atoms with Crippen LogP contribution in [0.15, 0.2) is 24.3 Å². The van der Waals surface area contributed by atoms with E-state index in [4.69, 9.17) is 16.3 Å². The van der Waals surface area contributed by atoms with E-state index in [1.54, 1.807) is 29.2 Å². The van der Waals surface area contributed by atoms with Crippen LogP contribution in [-0.4, -0.2) is 41.8 Å². The number of benzene rings is 1. The van der Waals surface area contributed by atoms with E-state index in [1.165, 1.54) is 11.3 Å². The average molecular weight is 395 g/mol. The quantitative estimate of drug-likeness (QED) is 0.730. The Kier molecular flexibility index (Phi) is 6.18. The molecule has 0 saturated carbocycles. The number of hydrogen-bond acceptors (Lipinski definition) is 6. The van der Waals surface area contributed by atoms with Crippen molar-refractivity contribution in [1.29, 1.82) is 0 Å². The van der Waals surface area contributed by atoms with Crippen molar-refractivity contribution in [3.63, 3.8) is 0 Å². The fourth-order valence-electron chi connectivity index (χ4n) is 2.67. The maximum absolute atomic E-state index is 12.5. The van der Waals surface area contributed by atoms with Crippen molar-refractivity contribution >= 4 is 45.6 Å². The van der Waals surface area contributed by atoms with Gasteiger partial charge in [-0.25, -0.2) is 0 Å². The molecule has 2 heterocycles. The van der Waals surface area contributed by atoms with Crippen LogP contribution in [0.3, 0.4) is 0 Å². The smallest absolute Gasteiger partial charge is 0.231 e. The second kappa shape index (κ2) is 8.57. The van der Waals surface area contributed by atoms with Gasteiger partial charge in [-0.1, -0.05) is 22.9 Å². The Morgan fingerprint density at radius 1 is 1.38 bits per heavy atom. The minimum Gasteiger partial charge on any atom is -0.381 e. The summed E-state index contributed by atoms with van der Waals surface area (Å²) in [7, 11) is 0. The molecule has 138 valence electrons. The minimum atomic E-state index is -0.422. The largest absolute Gasteiger partial charge is 0.381 e. The minimum absolute atomic E-state index is 0.0814. The molecule has 2 aromatic rings. The number of nitrogens with one attached hydrogen (secondary N) is 1. The molecule has 1 saturated heterocycles. The van der Waals surface area contributed by atoms with Crippen molar-refractivity contribution in [2.75, 3.05) is 30.0 Å². The van der Waals surface area contributed by atoms with E-state index in [9.17, 15) is 9.59 Å². The summed E-state index contributed by atoms with van der Waals surface area (Å²) in [5, 5.41) is 12.6. The SMILES string of the molecule is CCOCCc1nnc(NC(=O)[C@H]2CC(=O)N(c3ccc(Cl)cc3)C2)s1. The number of carbonyl (C=O) groups is 2. The van der Waals surface area contributed by atoms with Gasteiger partial charge in [0.05, 0.1) is 12.5 Å². The summed E-state index contributed by atoms with van der Waals surface area (Å²) in [6, 6.07) is 7.00. The number of halogens is 1. The molecule has 1 N–H and O–H groups in total. The molecule has 0 aliphatic carbocycles. The van der Waals surface area contributed by atoms with Crippen molar-refractivity contribution in [2.24, 2.45) is 5.92 Å². The van der Waals surface area contributed by atoms with Crippen molar-refractivity contribution in [3.05, 3.63) is 34.3 Å². The molecule has 1 fully saturated rings. The van der Waals surface area contributed by atoms with Crippen LogP contribution in [-0.2, 0) is 20.7 Å². The zero-order chi connectivity index (χ0) is 18.5. The van der Waals surface area contributed by atoms with Crippen molar-refractivity contribution < 1.29 is 14.3 Å². The van der Waals surface area contributed by atoms with Gasteiger partial charge in [0.25, 0.3) is 0 Å². The standard InChI is InChI=1S/C17H19ClN4O3S/c1-2-25-8-7-14-20-21-17(26-14)19-16(24)11-9-15(23)22(10-11)13-5-3-12(18)4-6-13/h3-6,11H,2,7-10H2,1H3,(H,19,21,24)/t11-/m0/s1. The van der Waals surface area contributed by atoms with Crippen LogP contribution in [0.25, 0.3) is 0 Å². The van der Waals surface area contributed by atoms with Gasteiger partial charge in [-0.15, -0.1) is 10.2 Å². The summed E-state index contributed by atoms with van der Waals surface area (Å²) in [6.07, 6.45) is 0.831. The van der Waals surface area contributed by atoms with Crippen LogP contribution < -0.4 is 10.2 Å². The van der Waals surface area contributed by atoms with Crippen LogP contribution >= 0.6 is 22.9 Å². The third-order valence-electron chi connectivity index (χ3n) is 4.00. The second-order valence-electron chi connectivity index (χ2n) is 5.82. The van der Waals surface area contributed by atoms with Crippen LogP contribution in [0.2, 0.25) is 5.02 Å². The molecule has 3 rings (SSSR count). The van der Waals surface area contributed by atoms with Gasteiger partial charge in [-0.2, -0.15) is 0 Å². The number of hydrogen-bond donors (Lipinski definition) is 1. The van der Waals surface area contributed by atoms with Crippen LogP contribution in [0.4, 0.5) is 10.8 Å². The zero-order valence-electron chi connectivity index (χ0n) is 14.3. The molecule has 1 aromatic heterocycles. The molecule has 0 unspecified atom stereocenters. The van der Waals surface area contributed by atoms with Gasteiger partial charge in [-0.3, -0.25) is 9.59 Å². The van der Waals surface area contributed by atoms with Gasteiger partial charge in [0, 0.05) is 36.7 Å². The highest BCUT2D eigenvalue weighted by molar-refractivity contribution is 7.15. The molecule has 1 aliphatic rings. The molecule has 2 amide bonds. The third kappa shape index (κ3) is 4.57. The van der Waals surface area contributed by atoms with E-state index in [0.717, 1.165) is 10.7 Å². The van der Waals surface area contributed by atoms with E-state index < -0.39 is 5.92 Å². The predicted octanol–water partition coefficient (Wildman–Crippen LogP) is 2.76. The van der Waals surface area contributed by atoms with Gasteiger partial charge in [0.1, 0.15) is 5.01 Å². The number of aromatic nitrogens is 2. The van der Waals surface area contributed by atoms with Crippen molar-refractivity contribution in [1.82, 2.24) is 10.2 Å². The maximum Gasteiger partial charge on any atom is 0.231 e. The molecule has 26 heavy (non-hydrogen) atoms. The second-order valence-corrected chi connectivity index (χ2v) is 7.32. The molecule has 0 spiro atoms. The van der Waals surface area contributed by atoms with E-state index in [2.05, 4.69) is 15.5 Å². The summed E-state index contributed by atoms with van der Waals surface area (Å²) >= 11 is 7.20. The molecule has 0 radical (unpaired) electrons. The first kappa shape index (κ1) is 18.8. The average Bonchev–Trinajstić information content (AvgIpc) is 3.23. The molecular formula is C17H19ClN4O3S. The van der Waals surface area contributed by atoms with Crippen molar-refractivity contribution in [2.45, 2.75) is 19.8 Å². The highest BCUT2D eigenvalue weighted by Crippen LogP contribution is 2.27. The van der Waals surface area contributed by atoms with E-state index >= 15 is 0 Å². The maximum atomic E-state index is 12.5. The van der Waals surface area contributed by atoms with Crippen LogP contribution in [0, 0.1) is 5.92 Å². The zero-order valence-corrected chi connectivity index (χ0v) is 15.8. The Morgan fingerprint density at radius 2 is 2.15 bits per heavy atom. The Hall–Kier alpha value is -2.03. The molecule has 7 nitrogen and oxygen atoms in total. The van der Waals surface area contributed by atoms with Gasteiger partial charge in [0.2, 0.25) is 16.9 Å². The van der Waals surface area contributed by atoms with Crippen LogP contribution in [0.5, 0.6) is 0 Å². The Morgan fingerprint density at radius 3 is 2.88 bits per heavy atom. The Bertz CT molecular complexity index is 781. The predicted molar refractivity (Wildman–Crippen MR) is 101 cm³/mol. The monoisotopic (exact) mass is 394 g/mol. The summed E-state index contributed by atoms with van der Waals surface area (Å²) in [4.78, 5) is 26.3. The molecule has 9 heteroatoms. The topological polar surface area (TPSA) is 84.4 Å². The molecule has 1 atom stereocenters. The Labute approximate surface area is 160 Å². The van der Waals surface area contributed by atoms with E-state index in [-0.39, 0.29) is 18.2 Å². The van der Waals surface area contributed by atoms with Gasteiger partial charge in [-0.05, 0) is 31.2 Å². The first-order chi connectivity index (χ1) is 12.6. The van der Waals surface area contributed by atoms with Crippen molar-refractivity contribution in [3.8, 4) is 0 Å².